The van der Waals surface area contributed by atoms with Crippen LogP contribution in [-0.2, 0) is 15.3 Å². The van der Waals surface area contributed by atoms with E-state index in [1.165, 1.54) is 36.0 Å². The standard InChI is InChI=1S/C24H24N4O6S/c1-3-34-22(30)19-17(14-10-12-16(13-11-14)28(32)33)18-20(25-23(35-4-2)26-21(18)29)27-24(19,31)15-8-6-5-7-9-15/h5-13,17,19,31H,3-4H2,1-2H3,(H2,25,26,27,29). The summed E-state index contributed by atoms with van der Waals surface area (Å²) in [6.07, 6.45) is 0. The molecule has 4 rings (SSSR count). The Balaban J connectivity index is 2.01. The van der Waals surface area contributed by atoms with Crippen LogP contribution in [0.2, 0.25) is 0 Å². The summed E-state index contributed by atoms with van der Waals surface area (Å²) < 4.78 is 5.35. The van der Waals surface area contributed by atoms with Crippen molar-refractivity contribution in [3.8, 4) is 0 Å². The maximum Gasteiger partial charge on any atom is 0.315 e. The SMILES string of the molecule is CCOC(=O)C1C(c2ccc([N+](=O)[O-])cc2)c2c(nc(SCC)[nH]c2=O)NC1(O)c1ccccc1. The minimum absolute atomic E-state index is 0.0563. The van der Waals surface area contributed by atoms with Gasteiger partial charge in [0.05, 0.1) is 17.1 Å². The Kier molecular flexibility index (Phi) is 6.90. The van der Waals surface area contributed by atoms with E-state index >= 15 is 0 Å². The van der Waals surface area contributed by atoms with Crippen molar-refractivity contribution in [1.82, 2.24) is 9.97 Å². The Morgan fingerprint density at radius 3 is 2.49 bits per heavy atom. The molecule has 35 heavy (non-hydrogen) atoms. The van der Waals surface area contributed by atoms with Crippen molar-refractivity contribution in [2.24, 2.45) is 5.92 Å². The van der Waals surface area contributed by atoms with Crippen LogP contribution in [0.25, 0.3) is 0 Å². The molecule has 11 heteroatoms. The van der Waals surface area contributed by atoms with E-state index in [0.29, 0.717) is 22.0 Å². The average molecular weight is 497 g/mol. The van der Waals surface area contributed by atoms with Gasteiger partial charge in [-0.1, -0.05) is 61.2 Å². The minimum atomic E-state index is -1.98. The number of nitro benzene ring substituents is 1. The van der Waals surface area contributed by atoms with Crippen LogP contribution in [0, 0.1) is 16.0 Å². The zero-order valence-corrected chi connectivity index (χ0v) is 19.9. The number of esters is 1. The quantitative estimate of drug-likeness (QED) is 0.147. The Morgan fingerprint density at radius 2 is 1.89 bits per heavy atom. The summed E-state index contributed by atoms with van der Waals surface area (Å²) in [5, 5.41) is 26.6. The number of non-ortho nitro benzene ring substituents is 1. The molecule has 0 bridgehead atoms. The van der Waals surface area contributed by atoms with Crippen molar-refractivity contribution in [2.45, 2.75) is 30.6 Å². The van der Waals surface area contributed by atoms with Crippen LogP contribution in [0.4, 0.5) is 11.5 Å². The molecule has 2 heterocycles. The first kappa shape index (κ1) is 24.4. The number of benzene rings is 2. The number of H-pyrrole nitrogens is 1. The molecule has 0 aliphatic carbocycles. The number of aromatic amines is 1. The summed E-state index contributed by atoms with van der Waals surface area (Å²) in [4.78, 5) is 44.6. The van der Waals surface area contributed by atoms with Crippen LogP contribution in [0.3, 0.4) is 0 Å². The van der Waals surface area contributed by atoms with E-state index in [4.69, 9.17) is 4.74 Å². The first-order valence-electron chi connectivity index (χ1n) is 11.0. The van der Waals surface area contributed by atoms with E-state index in [1.807, 2.05) is 6.92 Å². The number of nitrogens with zero attached hydrogens (tertiary/aromatic N) is 2. The van der Waals surface area contributed by atoms with Gasteiger partial charge in [0, 0.05) is 23.6 Å². The number of rotatable bonds is 7. The number of nitrogens with one attached hydrogen (secondary N) is 2. The third kappa shape index (κ3) is 4.52. The summed E-state index contributed by atoms with van der Waals surface area (Å²) in [7, 11) is 0. The van der Waals surface area contributed by atoms with E-state index in [9.17, 15) is 24.8 Å². The van der Waals surface area contributed by atoms with Crippen LogP contribution in [0.5, 0.6) is 0 Å². The predicted octanol–water partition coefficient (Wildman–Crippen LogP) is 3.37. The molecule has 3 unspecified atom stereocenters. The lowest BCUT2D eigenvalue weighted by Gasteiger charge is -2.44. The smallest absolute Gasteiger partial charge is 0.315 e. The fraction of sp³-hybridized carbons (Fsp3) is 0.292. The molecule has 1 aromatic heterocycles. The zero-order valence-electron chi connectivity index (χ0n) is 19.1. The molecule has 3 N–H and O–H groups in total. The fourth-order valence-corrected chi connectivity index (χ4v) is 4.96. The molecule has 0 saturated carbocycles. The van der Waals surface area contributed by atoms with Crippen molar-refractivity contribution in [3.05, 3.63) is 91.8 Å². The highest BCUT2D eigenvalue weighted by Gasteiger charge is 2.54. The molecule has 1 aliphatic rings. The number of nitro groups is 1. The van der Waals surface area contributed by atoms with Crippen LogP contribution < -0.4 is 10.9 Å². The topological polar surface area (TPSA) is 147 Å². The van der Waals surface area contributed by atoms with Crippen molar-refractivity contribution >= 4 is 29.2 Å². The molecule has 182 valence electrons. The Labute approximate surface area is 204 Å². The first-order chi connectivity index (χ1) is 16.8. The van der Waals surface area contributed by atoms with Crippen molar-refractivity contribution < 1.29 is 19.6 Å². The number of anilines is 1. The number of hydrogen-bond acceptors (Lipinski definition) is 9. The highest BCUT2D eigenvalue weighted by molar-refractivity contribution is 7.99. The number of ether oxygens (including phenoxy) is 1. The summed E-state index contributed by atoms with van der Waals surface area (Å²) >= 11 is 1.32. The third-order valence-electron chi connectivity index (χ3n) is 5.84. The Hall–Kier alpha value is -3.70. The van der Waals surface area contributed by atoms with Gasteiger partial charge in [0.25, 0.3) is 11.2 Å². The molecule has 0 amide bonds. The van der Waals surface area contributed by atoms with Crippen LogP contribution >= 0.6 is 11.8 Å². The minimum Gasteiger partial charge on any atom is -0.466 e. The summed E-state index contributed by atoms with van der Waals surface area (Å²) in [5.74, 6) is -2.26. The van der Waals surface area contributed by atoms with Crippen LogP contribution in [-0.4, -0.2) is 38.3 Å². The van der Waals surface area contributed by atoms with E-state index < -0.39 is 34.0 Å². The van der Waals surface area contributed by atoms with Gasteiger partial charge in [-0.15, -0.1) is 0 Å². The molecule has 1 aliphatic heterocycles. The molecule has 0 saturated heterocycles. The van der Waals surface area contributed by atoms with Crippen LogP contribution in [0.15, 0.2) is 64.5 Å². The summed E-state index contributed by atoms with van der Waals surface area (Å²) in [5.41, 5.74) is -1.67. The van der Waals surface area contributed by atoms with E-state index in [1.54, 1.807) is 37.3 Å². The van der Waals surface area contributed by atoms with E-state index in [0.717, 1.165) is 0 Å². The van der Waals surface area contributed by atoms with Crippen LogP contribution in [0.1, 0.15) is 36.5 Å². The van der Waals surface area contributed by atoms with Gasteiger partial charge < -0.3 is 20.1 Å². The van der Waals surface area contributed by atoms with Gasteiger partial charge in [0.1, 0.15) is 11.7 Å². The summed E-state index contributed by atoms with van der Waals surface area (Å²) in [6, 6.07) is 14.1. The maximum absolute atomic E-state index is 13.4. The summed E-state index contributed by atoms with van der Waals surface area (Å²) in [6.45, 7) is 3.61. The number of carbonyl (C=O) groups excluding carboxylic acids is 1. The van der Waals surface area contributed by atoms with E-state index in [-0.39, 0.29) is 23.7 Å². The molecular formula is C24H24N4O6S. The van der Waals surface area contributed by atoms with Gasteiger partial charge in [-0.2, -0.15) is 0 Å². The Morgan fingerprint density at radius 1 is 1.20 bits per heavy atom. The number of hydrogen-bond donors (Lipinski definition) is 3. The normalized spacial score (nSPS) is 21.0. The lowest BCUT2D eigenvalue weighted by molar-refractivity contribution is -0.384. The molecule has 0 spiro atoms. The number of thioether (sulfide) groups is 1. The monoisotopic (exact) mass is 496 g/mol. The first-order valence-corrected chi connectivity index (χ1v) is 12.0. The molecule has 0 radical (unpaired) electrons. The largest absolute Gasteiger partial charge is 0.466 e. The molecule has 0 fully saturated rings. The second kappa shape index (κ2) is 9.88. The molecule has 3 aromatic rings. The lowest BCUT2D eigenvalue weighted by Crippen LogP contribution is -2.54. The number of carbonyl (C=O) groups is 1. The highest BCUT2D eigenvalue weighted by atomic mass is 32.2. The predicted molar refractivity (Wildman–Crippen MR) is 130 cm³/mol. The third-order valence-corrected chi connectivity index (χ3v) is 6.59. The van der Waals surface area contributed by atoms with Crippen molar-refractivity contribution in [3.63, 3.8) is 0 Å². The van der Waals surface area contributed by atoms with Gasteiger partial charge in [-0.3, -0.25) is 19.7 Å². The average Bonchev–Trinajstić information content (AvgIpc) is 2.84. The van der Waals surface area contributed by atoms with Crippen molar-refractivity contribution in [1.29, 1.82) is 0 Å². The number of fused-ring (bicyclic) bond motifs is 1. The van der Waals surface area contributed by atoms with Gasteiger partial charge in [-0.05, 0) is 18.2 Å². The Bertz CT molecular complexity index is 1300. The molecular weight excluding hydrogens is 472 g/mol. The highest BCUT2D eigenvalue weighted by Crippen LogP contribution is 2.49. The second-order valence-corrected chi connectivity index (χ2v) is 9.13. The second-order valence-electron chi connectivity index (χ2n) is 7.88. The van der Waals surface area contributed by atoms with Gasteiger partial charge in [0.2, 0.25) is 0 Å². The number of aromatic nitrogens is 2. The zero-order chi connectivity index (χ0) is 25.2. The van der Waals surface area contributed by atoms with E-state index in [2.05, 4.69) is 15.3 Å². The maximum atomic E-state index is 13.4. The van der Waals surface area contributed by atoms with Gasteiger partial charge in [0.15, 0.2) is 10.9 Å². The molecule has 3 atom stereocenters. The van der Waals surface area contributed by atoms with Crippen molar-refractivity contribution in [2.75, 3.05) is 17.7 Å². The van der Waals surface area contributed by atoms with Gasteiger partial charge >= 0.3 is 5.97 Å². The lowest BCUT2D eigenvalue weighted by atomic mass is 9.71. The fourth-order valence-electron chi connectivity index (χ4n) is 4.36. The molecule has 2 aromatic carbocycles. The van der Waals surface area contributed by atoms with Gasteiger partial charge in [-0.25, -0.2) is 4.98 Å². The molecule has 10 nitrogen and oxygen atoms in total. The number of aliphatic hydroxyl groups is 1.